The van der Waals surface area contributed by atoms with Crippen molar-refractivity contribution in [3.63, 3.8) is 0 Å². The topological polar surface area (TPSA) is 76.7 Å². The molecule has 0 aliphatic carbocycles. The Labute approximate surface area is 180 Å². The zero-order valence-electron chi connectivity index (χ0n) is 17.6. The van der Waals surface area contributed by atoms with Crippen LogP contribution in [-0.4, -0.2) is 17.6 Å². The van der Waals surface area contributed by atoms with Gasteiger partial charge in [-0.1, -0.05) is 19.2 Å². The van der Waals surface area contributed by atoms with Gasteiger partial charge in [0.25, 0.3) is 0 Å². The van der Waals surface area contributed by atoms with Crippen molar-refractivity contribution >= 4 is 34.0 Å². The highest BCUT2D eigenvalue weighted by molar-refractivity contribution is 7.16. The molecule has 2 amide bonds. The van der Waals surface area contributed by atoms with Crippen molar-refractivity contribution in [2.45, 2.75) is 33.3 Å². The number of urea groups is 1. The highest BCUT2D eigenvalue weighted by Crippen LogP contribution is 2.29. The Morgan fingerprint density at radius 3 is 2.33 bits per heavy atom. The lowest BCUT2D eigenvalue weighted by Gasteiger charge is -2.19. The molecule has 1 aromatic heterocycles. The molecule has 0 unspecified atom stereocenters. The first-order chi connectivity index (χ1) is 14.1. The Hall–Kier alpha value is -3.32. The SMILES string of the molecule is C=C/C=C(\C=C)Oc1ccc(NC(=O)Nc2sc(C)cc2C(=O)OC(C)(C)C)cc1. The smallest absolute Gasteiger partial charge is 0.341 e. The second-order valence-corrected chi connectivity index (χ2v) is 8.57. The molecular weight excluding hydrogens is 400 g/mol. The van der Waals surface area contributed by atoms with Crippen LogP contribution in [0.3, 0.4) is 0 Å². The van der Waals surface area contributed by atoms with Gasteiger partial charge in [-0.15, -0.1) is 11.3 Å². The third-order valence-corrected chi connectivity index (χ3v) is 4.50. The number of carbonyl (C=O) groups excluding carboxylic acids is 2. The fourth-order valence-corrected chi connectivity index (χ4v) is 3.25. The van der Waals surface area contributed by atoms with E-state index < -0.39 is 17.6 Å². The molecule has 0 radical (unpaired) electrons. The monoisotopic (exact) mass is 426 g/mol. The number of carbonyl (C=O) groups is 2. The molecule has 0 saturated carbocycles. The van der Waals surface area contributed by atoms with Crippen LogP contribution in [0, 0.1) is 6.92 Å². The summed E-state index contributed by atoms with van der Waals surface area (Å²) >= 11 is 1.31. The van der Waals surface area contributed by atoms with Gasteiger partial charge in [0, 0.05) is 10.6 Å². The molecule has 0 aliphatic heterocycles. The maximum absolute atomic E-state index is 12.4. The van der Waals surface area contributed by atoms with E-state index in [1.165, 1.54) is 11.3 Å². The average molecular weight is 427 g/mol. The predicted octanol–water partition coefficient (Wildman–Crippen LogP) is 6.29. The van der Waals surface area contributed by atoms with Crippen molar-refractivity contribution in [2.75, 3.05) is 10.6 Å². The van der Waals surface area contributed by atoms with Gasteiger partial charge in [0.15, 0.2) is 0 Å². The Bertz CT molecular complexity index is 966. The van der Waals surface area contributed by atoms with E-state index >= 15 is 0 Å². The Morgan fingerprint density at radius 1 is 1.10 bits per heavy atom. The molecule has 1 aromatic carbocycles. The summed E-state index contributed by atoms with van der Waals surface area (Å²) in [5.74, 6) is 0.676. The van der Waals surface area contributed by atoms with Crippen LogP contribution in [0.15, 0.2) is 67.5 Å². The number of rotatable bonds is 7. The van der Waals surface area contributed by atoms with Crippen LogP contribution in [0.5, 0.6) is 5.75 Å². The number of anilines is 2. The third kappa shape index (κ3) is 6.93. The van der Waals surface area contributed by atoms with Crippen molar-refractivity contribution in [1.29, 1.82) is 0 Å². The minimum absolute atomic E-state index is 0.331. The highest BCUT2D eigenvalue weighted by Gasteiger charge is 2.23. The predicted molar refractivity (Wildman–Crippen MR) is 122 cm³/mol. The molecule has 0 fully saturated rings. The van der Waals surface area contributed by atoms with Crippen molar-refractivity contribution in [3.8, 4) is 5.75 Å². The molecule has 0 spiro atoms. The van der Waals surface area contributed by atoms with E-state index in [4.69, 9.17) is 9.47 Å². The summed E-state index contributed by atoms with van der Waals surface area (Å²) in [6.45, 7) is 14.5. The highest BCUT2D eigenvalue weighted by atomic mass is 32.1. The molecule has 0 saturated heterocycles. The van der Waals surface area contributed by atoms with E-state index in [9.17, 15) is 9.59 Å². The van der Waals surface area contributed by atoms with Crippen LogP contribution in [0.4, 0.5) is 15.5 Å². The van der Waals surface area contributed by atoms with Crippen molar-refractivity contribution < 1.29 is 19.1 Å². The van der Waals surface area contributed by atoms with Gasteiger partial charge >= 0.3 is 12.0 Å². The van der Waals surface area contributed by atoms with Gasteiger partial charge in [0.1, 0.15) is 22.1 Å². The molecule has 0 bridgehead atoms. The van der Waals surface area contributed by atoms with Crippen LogP contribution >= 0.6 is 11.3 Å². The normalized spacial score (nSPS) is 11.4. The van der Waals surface area contributed by atoms with Gasteiger partial charge in [-0.05, 0) is 70.2 Å². The molecule has 2 rings (SSSR count). The number of esters is 1. The number of hydrogen-bond acceptors (Lipinski definition) is 5. The molecule has 2 aromatic rings. The Balaban J connectivity index is 2.04. The van der Waals surface area contributed by atoms with E-state index in [0.29, 0.717) is 27.8 Å². The summed E-state index contributed by atoms with van der Waals surface area (Å²) in [6, 6.07) is 8.09. The Kier molecular flexibility index (Phi) is 7.60. The molecule has 7 heteroatoms. The molecule has 30 heavy (non-hydrogen) atoms. The quantitative estimate of drug-likeness (QED) is 0.310. The summed E-state index contributed by atoms with van der Waals surface area (Å²) in [5, 5.41) is 5.89. The molecule has 158 valence electrons. The second-order valence-electron chi connectivity index (χ2n) is 7.32. The van der Waals surface area contributed by atoms with E-state index in [2.05, 4.69) is 23.8 Å². The zero-order valence-corrected chi connectivity index (χ0v) is 18.4. The summed E-state index contributed by atoms with van der Waals surface area (Å²) in [5.41, 5.74) is 0.278. The molecule has 2 N–H and O–H groups in total. The number of allylic oxidation sites excluding steroid dienone is 3. The number of hydrogen-bond donors (Lipinski definition) is 2. The van der Waals surface area contributed by atoms with Gasteiger partial charge in [-0.2, -0.15) is 0 Å². The lowest BCUT2D eigenvalue weighted by atomic mass is 10.2. The lowest BCUT2D eigenvalue weighted by molar-refractivity contribution is 0.00712. The number of nitrogens with one attached hydrogen (secondary N) is 2. The summed E-state index contributed by atoms with van der Waals surface area (Å²) in [6.07, 6.45) is 4.87. The number of aryl methyl sites for hydroxylation is 1. The summed E-state index contributed by atoms with van der Waals surface area (Å²) in [4.78, 5) is 25.7. The van der Waals surface area contributed by atoms with Crippen molar-refractivity contribution in [3.05, 3.63) is 77.9 Å². The van der Waals surface area contributed by atoms with E-state index in [1.54, 1.807) is 69.3 Å². The number of amides is 2. The number of ether oxygens (including phenoxy) is 2. The summed E-state index contributed by atoms with van der Waals surface area (Å²) in [7, 11) is 0. The second kappa shape index (κ2) is 9.93. The molecule has 1 heterocycles. The van der Waals surface area contributed by atoms with Gasteiger partial charge in [0.05, 0.1) is 5.56 Å². The molecular formula is C23H26N2O4S. The minimum atomic E-state index is -0.622. The molecule has 6 nitrogen and oxygen atoms in total. The van der Waals surface area contributed by atoms with Crippen LogP contribution in [-0.2, 0) is 4.74 Å². The standard InChI is InChI=1S/C23H26N2O4S/c1-7-9-17(8-2)28-18-12-10-16(11-13-18)24-22(27)25-20-19(14-15(3)30-20)21(26)29-23(4,5)6/h7-14H,1-2H2,3-6H3,(H2,24,25,27)/b17-9+. The maximum Gasteiger partial charge on any atom is 0.341 e. The zero-order chi connectivity index (χ0) is 22.3. The van der Waals surface area contributed by atoms with Crippen LogP contribution in [0.2, 0.25) is 0 Å². The maximum atomic E-state index is 12.4. The van der Waals surface area contributed by atoms with Gasteiger partial charge in [0.2, 0.25) is 0 Å². The minimum Gasteiger partial charge on any atom is -0.457 e. The fourth-order valence-electron chi connectivity index (χ4n) is 2.36. The van der Waals surface area contributed by atoms with E-state index in [0.717, 1.165) is 4.88 Å². The summed E-state index contributed by atoms with van der Waals surface area (Å²) < 4.78 is 11.1. The average Bonchev–Trinajstić information content (AvgIpc) is 3.01. The van der Waals surface area contributed by atoms with Crippen molar-refractivity contribution in [2.24, 2.45) is 0 Å². The van der Waals surface area contributed by atoms with Crippen LogP contribution < -0.4 is 15.4 Å². The van der Waals surface area contributed by atoms with Gasteiger partial charge < -0.3 is 14.8 Å². The number of benzene rings is 1. The first-order valence-corrected chi connectivity index (χ1v) is 10.1. The lowest BCUT2D eigenvalue weighted by Crippen LogP contribution is -2.25. The van der Waals surface area contributed by atoms with Crippen molar-refractivity contribution in [1.82, 2.24) is 0 Å². The van der Waals surface area contributed by atoms with Crippen LogP contribution in [0.25, 0.3) is 0 Å². The molecule has 0 atom stereocenters. The molecule has 0 aliphatic rings. The third-order valence-electron chi connectivity index (χ3n) is 3.53. The fraction of sp³-hybridized carbons (Fsp3) is 0.217. The first-order valence-electron chi connectivity index (χ1n) is 9.26. The van der Waals surface area contributed by atoms with E-state index in [-0.39, 0.29) is 0 Å². The van der Waals surface area contributed by atoms with Gasteiger partial charge in [-0.25, -0.2) is 9.59 Å². The van der Waals surface area contributed by atoms with Crippen LogP contribution in [0.1, 0.15) is 36.0 Å². The van der Waals surface area contributed by atoms with E-state index in [1.807, 2.05) is 6.92 Å². The van der Waals surface area contributed by atoms with Gasteiger partial charge in [-0.3, -0.25) is 5.32 Å². The first kappa shape index (κ1) is 23.0. The number of thiophene rings is 1. The Morgan fingerprint density at radius 2 is 1.77 bits per heavy atom. The largest absolute Gasteiger partial charge is 0.457 e.